The van der Waals surface area contributed by atoms with Crippen LogP contribution in [0.25, 0.3) is 0 Å². The van der Waals surface area contributed by atoms with Gasteiger partial charge in [0.2, 0.25) is 0 Å². The number of carboxylic acid groups (broad SMARTS) is 1. The minimum Gasteiger partial charge on any atom is -0.535 e. The van der Waals surface area contributed by atoms with E-state index in [1.54, 1.807) is 0 Å². The summed E-state index contributed by atoms with van der Waals surface area (Å²) in [6.07, 6.45) is 2.45. The molecule has 0 bridgehead atoms. The van der Waals surface area contributed by atoms with Crippen LogP contribution in [0.4, 0.5) is 0 Å². The standard InChI is InChI=1S/C18H25BN2O4/c1-11-7-19(24)25-17-15(11)3-2-13(16(17)18(22)23)6-12-9-21(10-12)14-4-5-20-8-14/h2-3,11-12,14,20,24H,4-10H2,1H3,(H,22,23)/t11-,14?/m0/s1. The van der Waals surface area contributed by atoms with E-state index in [2.05, 4.69) is 10.2 Å². The predicted octanol–water partition coefficient (Wildman–Crippen LogP) is 1.20. The third kappa shape index (κ3) is 3.16. The Bertz CT molecular complexity index is 671. The minimum atomic E-state index is -0.968. The number of aromatic carboxylic acids is 1. The molecular weight excluding hydrogens is 319 g/mol. The van der Waals surface area contributed by atoms with Crippen molar-refractivity contribution in [1.29, 1.82) is 0 Å². The van der Waals surface area contributed by atoms with E-state index in [1.807, 2.05) is 19.1 Å². The molecule has 0 aliphatic carbocycles. The second-order valence-electron chi connectivity index (χ2n) is 7.70. The molecular formula is C18H25BN2O4. The molecule has 3 aliphatic rings. The van der Waals surface area contributed by atoms with Crippen LogP contribution in [0.15, 0.2) is 12.1 Å². The van der Waals surface area contributed by atoms with Gasteiger partial charge in [-0.3, -0.25) is 4.90 Å². The zero-order chi connectivity index (χ0) is 17.6. The van der Waals surface area contributed by atoms with E-state index in [1.165, 1.54) is 6.42 Å². The smallest absolute Gasteiger partial charge is 0.523 e. The minimum absolute atomic E-state index is 0.0972. The maximum absolute atomic E-state index is 11.9. The van der Waals surface area contributed by atoms with Crippen LogP contribution < -0.4 is 9.97 Å². The number of fused-ring (bicyclic) bond motifs is 1. The molecule has 4 rings (SSSR count). The number of rotatable bonds is 4. The largest absolute Gasteiger partial charge is 0.535 e. The first-order valence-electron chi connectivity index (χ1n) is 9.21. The lowest BCUT2D eigenvalue weighted by molar-refractivity contribution is 0.0598. The van der Waals surface area contributed by atoms with Gasteiger partial charge in [-0.15, -0.1) is 0 Å². The number of carbonyl (C=O) groups is 1. The van der Waals surface area contributed by atoms with Gasteiger partial charge < -0.3 is 20.1 Å². The molecule has 0 spiro atoms. The highest BCUT2D eigenvalue weighted by molar-refractivity contribution is 6.44. The number of benzene rings is 1. The van der Waals surface area contributed by atoms with Crippen LogP contribution in [0.3, 0.4) is 0 Å². The summed E-state index contributed by atoms with van der Waals surface area (Å²) in [5, 5.41) is 23.0. The number of nitrogens with zero attached hydrogens (tertiary/aromatic N) is 1. The SMILES string of the molecule is C[C@H]1CB(O)Oc2c1ccc(CC1CN(C3CCNC3)C1)c2C(=O)O. The Morgan fingerprint density at radius 1 is 1.44 bits per heavy atom. The highest BCUT2D eigenvalue weighted by Crippen LogP contribution is 2.40. The van der Waals surface area contributed by atoms with Crippen molar-refractivity contribution in [2.24, 2.45) is 5.92 Å². The molecule has 3 N–H and O–H groups in total. The van der Waals surface area contributed by atoms with Crippen molar-refractivity contribution in [2.75, 3.05) is 26.2 Å². The van der Waals surface area contributed by atoms with Crippen LogP contribution in [-0.2, 0) is 6.42 Å². The molecule has 1 aromatic rings. The van der Waals surface area contributed by atoms with E-state index in [0.29, 0.717) is 24.0 Å². The van der Waals surface area contributed by atoms with E-state index < -0.39 is 13.1 Å². The van der Waals surface area contributed by atoms with E-state index >= 15 is 0 Å². The molecule has 134 valence electrons. The van der Waals surface area contributed by atoms with Gasteiger partial charge in [-0.05, 0) is 42.3 Å². The summed E-state index contributed by atoms with van der Waals surface area (Å²) in [4.78, 5) is 14.4. The quantitative estimate of drug-likeness (QED) is 0.712. The summed E-state index contributed by atoms with van der Waals surface area (Å²) in [5.74, 6) is -0.0145. The van der Waals surface area contributed by atoms with E-state index in [4.69, 9.17) is 4.65 Å². The molecule has 3 aliphatic heterocycles. The Kier molecular flexibility index (Phi) is 4.48. The van der Waals surface area contributed by atoms with Crippen molar-refractivity contribution in [1.82, 2.24) is 10.2 Å². The van der Waals surface area contributed by atoms with Gasteiger partial charge in [0.1, 0.15) is 11.3 Å². The first-order valence-corrected chi connectivity index (χ1v) is 9.21. The maximum Gasteiger partial charge on any atom is 0.523 e. The molecule has 25 heavy (non-hydrogen) atoms. The topological polar surface area (TPSA) is 82.0 Å². The third-order valence-corrected chi connectivity index (χ3v) is 5.87. The summed E-state index contributed by atoms with van der Waals surface area (Å²) in [6, 6.07) is 4.56. The molecule has 3 heterocycles. The molecule has 2 fully saturated rings. The number of carboxylic acids is 1. The Morgan fingerprint density at radius 3 is 2.92 bits per heavy atom. The normalized spacial score (nSPS) is 26.9. The number of hydrogen-bond donors (Lipinski definition) is 3. The van der Waals surface area contributed by atoms with E-state index in [-0.39, 0.29) is 11.5 Å². The molecule has 0 radical (unpaired) electrons. The zero-order valence-electron chi connectivity index (χ0n) is 14.6. The first kappa shape index (κ1) is 16.9. The highest BCUT2D eigenvalue weighted by Gasteiger charge is 2.36. The molecule has 2 saturated heterocycles. The van der Waals surface area contributed by atoms with E-state index in [0.717, 1.165) is 43.7 Å². The molecule has 0 saturated carbocycles. The molecule has 1 unspecified atom stereocenters. The Morgan fingerprint density at radius 2 is 2.24 bits per heavy atom. The Balaban J connectivity index is 1.52. The Hall–Kier alpha value is -1.57. The fourth-order valence-corrected chi connectivity index (χ4v) is 4.47. The first-order chi connectivity index (χ1) is 12.0. The van der Waals surface area contributed by atoms with Gasteiger partial charge in [-0.1, -0.05) is 19.1 Å². The van der Waals surface area contributed by atoms with Gasteiger partial charge in [0.05, 0.1) is 0 Å². The predicted molar refractivity (Wildman–Crippen MR) is 95.3 cm³/mol. The lowest BCUT2D eigenvalue weighted by atomic mass is 9.72. The van der Waals surface area contributed by atoms with Crippen molar-refractivity contribution in [3.8, 4) is 5.75 Å². The van der Waals surface area contributed by atoms with Crippen LogP contribution in [0.1, 0.15) is 40.7 Å². The van der Waals surface area contributed by atoms with Crippen LogP contribution in [-0.4, -0.2) is 60.3 Å². The molecule has 6 nitrogen and oxygen atoms in total. The van der Waals surface area contributed by atoms with Gasteiger partial charge >= 0.3 is 13.1 Å². The van der Waals surface area contributed by atoms with Crippen molar-refractivity contribution < 1.29 is 19.6 Å². The molecule has 2 atom stereocenters. The van der Waals surface area contributed by atoms with Crippen LogP contribution >= 0.6 is 0 Å². The summed E-state index contributed by atoms with van der Waals surface area (Å²) >= 11 is 0. The maximum atomic E-state index is 11.9. The number of likely N-dealkylation sites (tertiary alicyclic amines) is 1. The zero-order valence-corrected chi connectivity index (χ0v) is 14.6. The van der Waals surface area contributed by atoms with Crippen molar-refractivity contribution in [2.45, 2.75) is 38.0 Å². The van der Waals surface area contributed by atoms with Crippen molar-refractivity contribution in [3.63, 3.8) is 0 Å². The van der Waals surface area contributed by atoms with Crippen LogP contribution in [0.2, 0.25) is 6.32 Å². The average molecular weight is 344 g/mol. The molecule has 0 amide bonds. The third-order valence-electron chi connectivity index (χ3n) is 5.87. The monoisotopic (exact) mass is 344 g/mol. The fraction of sp³-hybridized carbons (Fsp3) is 0.611. The summed E-state index contributed by atoms with van der Waals surface area (Å²) in [7, 11) is -0.926. The highest BCUT2D eigenvalue weighted by atomic mass is 16.5. The second-order valence-corrected chi connectivity index (χ2v) is 7.70. The van der Waals surface area contributed by atoms with Crippen LogP contribution in [0.5, 0.6) is 5.75 Å². The van der Waals surface area contributed by atoms with Gasteiger partial charge in [0.25, 0.3) is 0 Å². The lowest BCUT2D eigenvalue weighted by Gasteiger charge is -2.43. The number of hydrogen-bond acceptors (Lipinski definition) is 5. The van der Waals surface area contributed by atoms with Gasteiger partial charge in [-0.25, -0.2) is 4.79 Å². The lowest BCUT2D eigenvalue weighted by Crippen LogP contribution is -2.53. The van der Waals surface area contributed by atoms with Crippen LogP contribution in [0, 0.1) is 5.92 Å². The number of nitrogens with one attached hydrogen (secondary N) is 1. The van der Waals surface area contributed by atoms with E-state index in [9.17, 15) is 14.9 Å². The summed E-state index contributed by atoms with van der Waals surface area (Å²) < 4.78 is 5.53. The average Bonchev–Trinajstić information content (AvgIpc) is 3.03. The van der Waals surface area contributed by atoms with Gasteiger partial charge in [0.15, 0.2) is 0 Å². The molecule has 7 heteroatoms. The van der Waals surface area contributed by atoms with Gasteiger partial charge in [0, 0.05) is 32.0 Å². The summed E-state index contributed by atoms with van der Waals surface area (Å²) in [5.41, 5.74) is 1.95. The fourth-order valence-electron chi connectivity index (χ4n) is 4.47. The van der Waals surface area contributed by atoms with Crippen molar-refractivity contribution in [3.05, 3.63) is 28.8 Å². The Labute approximate surface area is 148 Å². The van der Waals surface area contributed by atoms with Gasteiger partial charge in [-0.2, -0.15) is 0 Å². The molecule has 1 aromatic carbocycles. The van der Waals surface area contributed by atoms with Crippen molar-refractivity contribution >= 4 is 13.1 Å². The summed E-state index contributed by atoms with van der Waals surface area (Å²) in [6.45, 7) is 6.22. The second kappa shape index (κ2) is 6.63. The molecule has 0 aromatic heterocycles.